The summed E-state index contributed by atoms with van der Waals surface area (Å²) >= 11 is 0. The van der Waals surface area contributed by atoms with E-state index in [-0.39, 0.29) is 11.1 Å². The van der Waals surface area contributed by atoms with E-state index in [2.05, 4.69) is 4.74 Å². The number of aromatic nitrogens is 1. The average Bonchev–Trinajstić information content (AvgIpc) is 2.88. The highest BCUT2D eigenvalue weighted by Crippen LogP contribution is 2.20. The number of ether oxygens (including phenoxy) is 2. The van der Waals surface area contributed by atoms with Crippen LogP contribution >= 0.6 is 0 Å². The van der Waals surface area contributed by atoms with Crippen LogP contribution in [0.25, 0.3) is 11.1 Å². The van der Waals surface area contributed by atoms with Crippen LogP contribution in [0.4, 0.5) is 0 Å². The van der Waals surface area contributed by atoms with Crippen molar-refractivity contribution in [1.82, 2.24) is 4.57 Å². The van der Waals surface area contributed by atoms with Gasteiger partial charge >= 0.3 is 17.7 Å². The molecule has 0 bridgehead atoms. The van der Waals surface area contributed by atoms with Gasteiger partial charge in [-0.25, -0.2) is 14.4 Å². The van der Waals surface area contributed by atoms with Crippen molar-refractivity contribution in [1.29, 1.82) is 0 Å². The number of benzene rings is 1. The molecule has 0 amide bonds. The molecule has 0 fully saturated rings. The van der Waals surface area contributed by atoms with Gasteiger partial charge in [0, 0.05) is 0 Å². The zero-order chi connectivity index (χ0) is 17.0. The monoisotopic (exact) mass is 321 g/mol. The van der Waals surface area contributed by atoms with Crippen LogP contribution in [0.3, 0.4) is 0 Å². The molecule has 0 N–H and O–H groups in total. The molecule has 0 aliphatic rings. The van der Waals surface area contributed by atoms with E-state index >= 15 is 0 Å². The van der Waals surface area contributed by atoms with Gasteiger partial charge in [0.2, 0.25) is 0 Å². The van der Waals surface area contributed by atoms with E-state index in [4.69, 9.17) is 9.15 Å². The van der Waals surface area contributed by atoms with Gasteiger partial charge in [0.15, 0.2) is 5.58 Å². The van der Waals surface area contributed by atoms with Crippen LogP contribution < -0.4 is 5.76 Å². The van der Waals surface area contributed by atoms with Gasteiger partial charge in [-0.05, 0) is 31.5 Å². The topological polar surface area (TPSA) is 87.7 Å². The summed E-state index contributed by atoms with van der Waals surface area (Å²) in [4.78, 5) is 35.6. The molecule has 7 nitrogen and oxygen atoms in total. The fourth-order valence-corrected chi connectivity index (χ4v) is 2.19. The molecule has 1 unspecified atom stereocenters. The van der Waals surface area contributed by atoms with Crippen LogP contribution in [0.15, 0.2) is 27.4 Å². The third kappa shape index (κ3) is 3.44. The van der Waals surface area contributed by atoms with Crippen LogP contribution in [0.1, 0.15) is 43.1 Å². The molecule has 0 aliphatic carbocycles. The molecule has 0 radical (unpaired) electrons. The molecular formula is C16H19NO6. The van der Waals surface area contributed by atoms with Crippen molar-refractivity contribution < 1.29 is 23.5 Å². The molecule has 1 aromatic heterocycles. The number of hydrogen-bond donors (Lipinski definition) is 0. The Balaban J connectivity index is 2.34. The third-order valence-electron chi connectivity index (χ3n) is 3.51. The zero-order valence-corrected chi connectivity index (χ0v) is 13.3. The first-order valence-electron chi connectivity index (χ1n) is 7.39. The predicted octanol–water partition coefficient (Wildman–Crippen LogP) is 2.29. The molecule has 0 aliphatic heterocycles. The van der Waals surface area contributed by atoms with E-state index in [1.807, 2.05) is 6.92 Å². The summed E-state index contributed by atoms with van der Waals surface area (Å²) < 4.78 is 16.1. The normalized spacial score (nSPS) is 12.1. The largest absolute Gasteiger partial charge is 0.465 e. The highest BCUT2D eigenvalue weighted by Gasteiger charge is 2.23. The van der Waals surface area contributed by atoms with Gasteiger partial charge in [0.25, 0.3) is 0 Å². The molecule has 23 heavy (non-hydrogen) atoms. The Morgan fingerprint density at radius 1 is 1.35 bits per heavy atom. The number of carbonyl (C=O) groups is 2. The van der Waals surface area contributed by atoms with Gasteiger partial charge in [0.05, 0.1) is 24.8 Å². The second-order valence-corrected chi connectivity index (χ2v) is 5.11. The minimum atomic E-state index is -0.815. The minimum Gasteiger partial charge on any atom is -0.465 e. The maximum absolute atomic E-state index is 12.0. The summed E-state index contributed by atoms with van der Waals surface area (Å²) in [6, 6.07) is 3.65. The number of oxazole rings is 1. The number of fused-ring (bicyclic) bond motifs is 1. The van der Waals surface area contributed by atoms with Crippen molar-refractivity contribution in [3.63, 3.8) is 0 Å². The van der Waals surface area contributed by atoms with Gasteiger partial charge in [-0.15, -0.1) is 0 Å². The lowest BCUT2D eigenvalue weighted by Crippen LogP contribution is -2.26. The Morgan fingerprint density at radius 3 is 2.74 bits per heavy atom. The summed E-state index contributed by atoms with van der Waals surface area (Å²) in [5, 5.41) is 0. The number of esters is 2. The molecule has 1 aromatic carbocycles. The lowest BCUT2D eigenvalue weighted by molar-refractivity contribution is -0.147. The number of unbranched alkanes of at least 4 members (excludes halogenated alkanes) is 1. The summed E-state index contributed by atoms with van der Waals surface area (Å²) in [6.07, 6.45) is 1.68. The Bertz CT molecular complexity index is 772. The quantitative estimate of drug-likeness (QED) is 0.599. The third-order valence-corrected chi connectivity index (χ3v) is 3.51. The van der Waals surface area contributed by atoms with E-state index in [1.54, 1.807) is 13.0 Å². The van der Waals surface area contributed by atoms with Crippen LogP contribution in [-0.2, 0) is 14.3 Å². The van der Waals surface area contributed by atoms with E-state index in [1.165, 1.54) is 23.8 Å². The van der Waals surface area contributed by atoms with Gasteiger partial charge in [-0.1, -0.05) is 13.3 Å². The molecule has 7 heteroatoms. The zero-order valence-electron chi connectivity index (χ0n) is 13.3. The molecule has 1 atom stereocenters. The van der Waals surface area contributed by atoms with E-state index < -0.39 is 23.7 Å². The second-order valence-electron chi connectivity index (χ2n) is 5.11. The second kappa shape index (κ2) is 7.13. The van der Waals surface area contributed by atoms with Crippen LogP contribution in [0, 0.1) is 0 Å². The first kappa shape index (κ1) is 16.8. The highest BCUT2D eigenvalue weighted by atomic mass is 16.5. The fourth-order valence-electron chi connectivity index (χ4n) is 2.19. The summed E-state index contributed by atoms with van der Waals surface area (Å²) in [7, 11) is 1.27. The van der Waals surface area contributed by atoms with Gasteiger partial charge < -0.3 is 13.9 Å². The lowest BCUT2D eigenvalue weighted by Gasteiger charge is -2.12. The number of rotatable bonds is 6. The first-order valence-corrected chi connectivity index (χ1v) is 7.39. The lowest BCUT2D eigenvalue weighted by atomic mass is 10.2. The smallest absolute Gasteiger partial charge is 0.420 e. The van der Waals surface area contributed by atoms with Gasteiger partial charge in [0.1, 0.15) is 6.04 Å². The van der Waals surface area contributed by atoms with Crippen molar-refractivity contribution in [3.8, 4) is 0 Å². The molecular weight excluding hydrogens is 302 g/mol. The molecule has 1 heterocycles. The number of hydrogen-bond acceptors (Lipinski definition) is 6. The van der Waals surface area contributed by atoms with Crippen molar-refractivity contribution >= 4 is 23.0 Å². The van der Waals surface area contributed by atoms with Gasteiger partial charge in [-0.3, -0.25) is 4.57 Å². The van der Waals surface area contributed by atoms with E-state index in [9.17, 15) is 14.4 Å². The molecule has 0 saturated carbocycles. The minimum absolute atomic E-state index is 0.214. The number of methoxy groups -OCH3 is 1. The maximum atomic E-state index is 12.0. The SMILES string of the molecule is CCCCOC(=O)C(C)n1c(=O)oc2cc(C(=O)OC)ccc21. The van der Waals surface area contributed by atoms with E-state index in [0.717, 1.165) is 12.8 Å². The average molecular weight is 321 g/mol. The van der Waals surface area contributed by atoms with Crippen LogP contribution in [-0.4, -0.2) is 30.2 Å². The Labute approximate surface area is 132 Å². The predicted molar refractivity (Wildman–Crippen MR) is 82.4 cm³/mol. The molecule has 0 spiro atoms. The maximum Gasteiger partial charge on any atom is 0.420 e. The summed E-state index contributed by atoms with van der Waals surface area (Å²) in [5.74, 6) is -1.71. The van der Waals surface area contributed by atoms with Gasteiger partial charge in [-0.2, -0.15) is 0 Å². The molecule has 124 valence electrons. The Hall–Kier alpha value is -2.57. The molecule has 2 rings (SSSR count). The number of carbonyl (C=O) groups excluding carboxylic acids is 2. The highest BCUT2D eigenvalue weighted by molar-refractivity contribution is 5.93. The van der Waals surface area contributed by atoms with Crippen molar-refractivity contribution in [2.45, 2.75) is 32.7 Å². The summed E-state index contributed by atoms with van der Waals surface area (Å²) in [5.41, 5.74) is 0.896. The first-order chi connectivity index (χ1) is 11.0. The Kier molecular flexibility index (Phi) is 5.20. The van der Waals surface area contributed by atoms with Crippen molar-refractivity contribution in [3.05, 3.63) is 34.3 Å². The standard InChI is InChI=1S/C16H19NO6/c1-4-5-8-22-14(18)10(2)17-12-7-6-11(15(19)21-3)9-13(12)23-16(17)20/h6-7,9-10H,4-5,8H2,1-3H3. The van der Waals surface area contributed by atoms with Crippen LogP contribution in [0.5, 0.6) is 0 Å². The van der Waals surface area contributed by atoms with Crippen molar-refractivity contribution in [2.24, 2.45) is 0 Å². The molecule has 0 saturated heterocycles. The molecule has 2 aromatic rings. The fraction of sp³-hybridized carbons (Fsp3) is 0.438. The Morgan fingerprint density at radius 2 is 2.09 bits per heavy atom. The number of nitrogens with zero attached hydrogens (tertiary/aromatic N) is 1. The van der Waals surface area contributed by atoms with E-state index in [0.29, 0.717) is 12.1 Å². The van der Waals surface area contributed by atoms with Crippen LogP contribution in [0.2, 0.25) is 0 Å². The summed E-state index contributed by atoms with van der Waals surface area (Å²) in [6.45, 7) is 3.87. The van der Waals surface area contributed by atoms with Crippen molar-refractivity contribution in [2.75, 3.05) is 13.7 Å².